The van der Waals surface area contributed by atoms with Crippen molar-refractivity contribution in [2.24, 2.45) is 4.99 Å². The van der Waals surface area contributed by atoms with E-state index in [0.717, 1.165) is 16.8 Å². The first kappa shape index (κ1) is 14.3. The van der Waals surface area contributed by atoms with E-state index in [0.29, 0.717) is 28.9 Å². The minimum absolute atomic E-state index is 0.0117. The number of hydrogen-bond donors (Lipinski definition) is 3. The first-order chi connectivity index (χ1) is 11.7. The zero-order valence-corrected chi connectivity index (χ0v) is 13.0. The number of H-pyrrole nitrogens is 1. The van der Waals surface area contributed by atoms with Crippen LogP contribution in [0.2, 0.25) is 0 Å². The Morgan fingerprint density at radius 3 is 2.92 bits per heavy atom. The maximum Gasteiger partial charge on any atom is 0.337 e. The van der Waals surface area contributed by atoms with Crippen molar-refractivity contribution in [2.75, 3.05) is 12.4 Å². The largest absolute Gasteiger partial charge is 0.494 e. The van der Waals surface area contributed by atoms with Crippen molar-refractivity contribution in [3.05, 3.63) is 59.2 Å². The van der Waals surface area contributed by atoms with E-state index in [4.69, 9.17) is 4.74 Å². The summed E-state index contributed by atoms with van der Waals surface area (Å²) in [7, 11) is 1.34. The van der Waals surface area contributed by atoms with Crippen LogP contribution in [0.5, 0.6) is 5.88 Å². The highest BCUT2D eigenvalue weighted by molar-refractivity contribution is 6.19. The molecule has 4 rings (SSSR count). The number of anilines is 1. The number of para-hydroxylation sites is 1. The molecule has 3 aromatic rings. The summed E-state index contributed by atoms with van der Waals surface area (Å²) in [6.07, 6.45) is 0. The van der Waals surface area contributed by atoms with Gasteiger partial charge in [-0.15, -0.1) is 0 Å². The molecule has 0 saturated carbocycles. The number of carbonyl (C=O) groups is 1. The van der Waals surface area contributed by atoms with Gasteiger partial charge in [0.2, 0.25) is 5.88 Å². The minimum Gasteiger partial charge on any atom is -0.494 e. The molecule has 6 heteroatoms. The van der Waals surface area contributed by atoms with Gasteiger partial charge in [-0.25, -0.2) is 4.79 Å². The van der Waals surface area contributed by atoms with E-state index in [1.807, 2.05) is 24.3 Å². The number of benzene rings is 2. The number of carbonyl (C=O) groups excluding carboxylic acids is 1. The zero-order chi connectivity index (χ0) is 16.7. The molecular formula is C18H15N3O3. The van der Waals surface area contributed by atoms with Crippen molar-refractivity contribution >= 4 is 28.4 Å². The first-order valence-electron chi connectivity index (χ1n) is 7.50. The topological polar surface area (TPSA) is 86.7 Å². The average Bonchev–Trinajstić information content (AvgIpc) is 2.95. The Labute approximate surface area is 137 Å². The van der Waals surface area contributed by atoms with Crippen LogP contribution in [-0.2, 0) is 11.3 Å². The lowest BCUT2D eigenvalue weighted by molar-refractivity contribution is 0.0601. The lowest BCUT2D eigenvalue weighted by atomic mass is 10.1. The Hall–Kier alpha value is -3.28. The standard InChI is InChI=1S/C18H15N3O3/c1-24-18(23)10-6-7-14-12(8-10)15(17(22)21-14)16-19-9-11-4-2-3-5-13(11)20-16/h2-8,21-22H,9H2,1H3,(H,19,20). The molecule has 2 aromatic carbocycles. The van der Waals surface area contributed by atoms with Crippen LogP contribution in [0.4, 0.5) is 5.69 Å². The lowest BCUT2D eigenvalue weighted by Gasteiger charge is -2.18. The van der Waals surface area contributed by atoms with Crippen LogP contribution in [0.25, 0.3) is 10.9 Å². The number of amidine groups is 1. The van der Waals surface area contributed by atoms with Crippen LogP contribution < -0.4 is 5.32 Å². The van der Waals surface area contributed by atoms with Gasteiger partial charge >= 0.3 is 5.97 Å². The second-order valence-corrected chi connectivity index (χ2v) is 5.55. The van der Waals surface area contributed by atoms with Crippen LogP contribution in [0.3, 0.4) is 0 Å². The van der Waals surface area contributed by atoms with Gasteiger partial charge in [0.25, 0.3) is 0 Å². The molecule has 0 radical (unpaired) electrons. The number of aliphatic imine (C=N–C) groups is 1. The van der Waals surface area contributed by atoms with Gasteiger partial charge in [-0.2, -0.15) is 0 Å². The number of ether oxygens (including phenoxy) is 1. The highest BCUT2D eigenvalue weighted by Gasteiger charge is 2.21. The molecule has 120 valence electrons. The maximum atomic E-state index is 11.8. The third kappa shape index (κ3) is 2.20. The van der Waals surface area contributed by atoms with Crippen molar-refractivity contribution in [3.8, 4) is 5.88 Å². The first-order valence-corrected chi connectivity index (χ1v) is 7.50. The van der Waals surface area contributed by atoms with Crippen LogP contribution in [-0.4, -0.2) is 29.0 Å². The Kier molecular flexibility index (Phi) is 3.23. The van der Waals surface area contributed by atoms with Crippen molar-refractivity contribution in [1.82, 2.24) is 4.98 Å². The van der Waals surface area contributed by atoms with E-state index in [2.05, 4.69) is 15.3 Å². The van der Waals surface area contributed by atoms with Crippen molar-refractivity contribution < 1.29 is 14.6 Å². The summed E-state index contributed by atoms with van der Waals surface area (Å²) in [4.78, 5) is 19.2. The van der Waals surface area contributed by atoms with Crippen LogP contribution in [0.1, 0.15) is 21.5 Å². The molecule has 0 fully saturated rings. The fourth-order valence-electron chi connectivity index (χ4n) is 2.92. The molecule has 2 heterocycles. The average molecular weight is 321 g/mol. The van der Waals surface area contributed by atoms with Crippen LogP contribution >= 0.6 is 0 Å². The molecule has 1 aliphatic rings. The fourth-order valence-corrected chi connectivity index (χ4v) is 2.92. The summed E-state index contributed by atoms with van der Waals surface area (Å²) >= 11 is 0. The Morgan fingerprint density at radius 2 is 2.08 bits per heavy atom. The normalized spacial score (nSPS) is 13.1. The van der Waals surface area contributed by atoms with E-state index < -0.39 is 5.97 Å². The third-order valence-electron chi connectivity index (χ3n) is 4.11. The van der Waals surface area contributed by atoms with Gasteiger partial charge in [0, 0.05) is 16.6 Å². The smallest absolute Gasteiger partial charge is 0.337 e. The number of aromatic amines is 1. The van der Waals surface area contributed by atoms with Gasteiger partial charge in [0.05, 0.1) is 24.8 Å². The highest BCUT2D eigenvalue weighted by Crippen LogP contribution is 2.31. The molecule has 1 aliphatic heterocycles. The van der Waals surface area contributed by atoms with Gasteiger partial charge in [0.15, 0.2) is 0 Å². The van der Waals surface area contributed by atoms with Gasteiger partial charge < -0.3 is 20.1 Å². The lowest BCUT2D eigenvalue weighted by Crippen LogP contribution is -2.18. The van der Waals surface area contributed by atoms with Crippen molar-refractivity contribution in [3.63, 3.8) is 0 Å². The summed E-state index contributed by atoms with van der Waals surface area (Å²) in [5, 5.41) is 14.3. The predicted molar refractivity (Wildman–Crippen MR) is 91.6 cm³/mol. The number of rotatable bonds is 2. The fraction of sp³-hybridized carbons (Fsp3) is 0.111. The second kappa shape index (κ2) is 5.42. The van der Waals surface area contributed by atoms with Crippen molar-refractivity contribution in [2.45, 2.75) is 6.54 Å². The summed E-state index contributed by atoms with van der Waals surface area (Å²) in [5.74, 6) is 0.157. The molecule has 0 unspecified atom stereocenters. The second-order valence-electron chi connectivity index (χ2n) is 5.55. The molecule has 3 N–H and O–H groups in total. The number of nitrogens with zero attached hydrogens (tertiary/aromatic N) is 1. The van der Waals surface area contributed by atoms with E-state index in [1.165, 1.54) is 7.11 Å². The van der Waals surface area contributed by atoms with E-state index >= 15 is 0 Å². The maximum absolute atomic E-state index is 11.8. The molecule has 0 saturated heterocycles. The quantitative estimate of drug-likeness (QED) is 0.633. The van der Waals surface area contributed by atoms with Gasteiger partial charge in [-0.3, -0.25) is 4.99 Å². The molecule has 1 aromatic heterocycles. The number of esters is 1. The number of fused-ring (bicyclic) bond motifs is 2. The molecule has 0 aliphatic carbocycles. The summed E-state index contributed by atoms with van der Waals surface area (Å²) in [5.41, 5.74) is 3.74. The minimum atomic E-state index is -0.424. The van der Waals surface area contributed by atoms with Gasteiger partial charge in [0.1, 0.15) is 5.84 Å². The summed E-state index contributed by atoms with van der Waals surface area (Å²) < 4.78 is 4.77. The predicted octanol–water partition coefficient (Wildman–Crippen LogP) is 3.03. The monoisotopic (exact) mass is 321 g/mol. The Balaban J connectivity index is 1.83. The molecular weight excluding hydrogens is 306 g/mol. The number of aromatic nitrogens is 1. The molecule has 0 spiro atoms. The zero-order valence-electron chi connectivity index (χ0n) is 13.0. The number of aromatic hydroxyl groups is 1. The number of hydrogen-bond acceptors (Lipinski definition) is 5. The Bertz CT molecular complexity index is 988. The number of nitrogens with one attached hydrogen (secondary N) is 2. The van der Waals surface area contributed by atoms with Gasteiger partial charge in [-0.05, 0) is 29.8 Å². The molecule has 0 amide bonds. The Morgan fingerprint density at radius 1 is 1.25 bits per heavy atom. The van der Waals surface area contributed by atoms with E-state index in [-0.39, 0.29) is 5.88 Å². The van der Waals surface area contributed by atoms with Crippen molar-refractivity contribution in [1.29, 1.82) is 0 Å². The summed E-state index contributed by atoms with van der Waals surface area (Å²) in [6, 6.07) is 13.0. The SMILES string of the molecule is COC(=O)c1ccc2[nH]c(O)c(C3=NCc4ccccc4N3)c2c1. The van der Waals surface area contributed by atoms with E-state index in [9.17, 15) is 9.90 Å². The highest BCUT2D eigenvalue weighted by atomic mass is 16.5. The van der Waals surface area contributed by atoms with Crippen LogP contribution in [0.15, 0.2) is 47.5 Å². The van der Waals surface area contributed by atoms with Crippen LogP contribution in [0, 0.1) is 0 Å². The number of methoxy groups -OCH3 is 1. The molecule has 24 heavy (non-hydrogen) atoms. The molecule has 6 nitrogen and oxygen atoms in total. The third-order valence-corrected chi connectivity index (χ3v) is 4.11. The molecule has 0 bridgehead atoms. The van der Waals surface area contributed by atoms with E-state index in [1.54, 1.807) is 18.2 Å². The van der Waals surface area contributed by atoms with Gasteiger partial charge in [-0.1, -0.05) is 18.2 Å². The summed E-state index contributed by atoms with van der Waals surface area (Å²) in [6.45, 7) is 0.529. The molecule has 0 atom stereocenters.